The number of rotatable bonds is 7. The third-order valence-electron chi connectivity index (χ3n) is 3.94. The number of pyridine rings is 1. The fraction of sp³-hybridized carbons (Fsp3) is 0.444. The fourth-order valence-electron chi connectivity index (χ4n) is 2.54. The lowest BCUT2D eigenvalue weighted by Crippen LogP contribution is -2.24. The highest BCUT2D eigenvalue weighted by Crippen LogP contribution is 2.32. The lowest BCUT2D eigenvalue weighted by Gasteiger charge is -2.11. The molecule has 0 aliphatic carbocycles. The molecule has 2 rings (SSSR count). The molecule has 2 N–H and O–H groups in total. The molecule has 2 aromatic rings. The van der Waals surface area contributed by atoms with Crippen LogP contribution in [0.2, 0.25) is 0 Å². The number of halogens is 3. The van der Waals surface area contributed by atoms with Crippen LogP contribution in [0.3, 0.4) is 0 Å². The maximum Gasteiger partial charge on any atom is 0.433 e. The number of aromatic nitrogens is 1. The van der Waals surface area contributed by atoms with Crippen molar-refractivity contribution in [2.45, 2.75) is 45.2 Å². The minimum Gasteiger partial charge on any atom is -0.505 e. The van der Waals surface area contributed by atoms with Gasteiger partial charge in [0.05, 0.1) is 5.56 Å². The monoisotopic (exact) mass is 354 g/mol. The van der Waals surface area contributed by atoms with Gasteiger partial charge in [-0.2, -0.15) is 13.2 Å². The van der Waals surface area contributed by atoms with E-state index in [4.69, 9.17) is 0 Å². The Balaban J connectivity index is 2.13. The number of benzene rings is 1. The van der Waals surface area contributed by atoms with Crippen molar-refractivity contribution in [1.82, 2.24) is 10.3 Å². The molecule has 0 aliphatic rings. The zero-order valence-corrected chi connectivity index (χ0v) is 14.0. The molecule has 4 nitrogen and oxygen atoms in total. The van der Waals surface area contributed by atoms with Crippen LogP contribution >= 0.6 is 0 Å². The van der Waals surface area contributed by atoms with Crippen LogP contribution in [-0.2, 0) is 6.18 Å². The highest BCUT2D eigenvalue weighted by atomic mass is 19.4. The van der Waals surface area contributed by atoms with E-state index in [9.17, 15) is 23.1 Å². The number of phenolic OH excluding ortho intramolecular Hbond substituents is 1. The molecule has 0 bridgehead atoms. The van der Waals surface area contributed by atoms with E-state index in [0.717, 1.165) is 38.2 Å². The van der Waals surface area contributed by atoms with Gasteiger partial charge in [-0.1, -0.05) is 44.7 Å². The maximum absolute atomic E-state index is 12.8. The quantitative estimate of drug-likeness (QED) is 0.711. The van der Waals surface area contributed by atoms with Crippen molar-refractivity contribution in [3.63, 3.8) is 0 Å². The van der Waals surface area contributed by atoms with Gasteiger partial charge in [0.1, 0.15) is 11.2 Å². The number of aromatic hydroxyl groups is 1. The van der Waals surface area contributed by atoms with E-state index < -0.39 is 23.5 Å². The Bertz CT molecular complexity index is 745. The zero-order valence-electron chi connectivity index (χ0n) is 14.0. The molecular formula is C18H21F3N2O2. The topological polar surface area (TPSA) is 62.2 Å². The molecule has 25 heavy (non-hydrogen) atoms. The predicted octanol–water partition coefficient (Wildman–Crippen LogP) is 4.66. The van der Waals surface area contributed by atoms with Crippen LogP contribution in [0.5, 0.6) is 5.75 Å². The van der Waals surface area contributed by atoms with Crippen molar-refractivity contribution >= 4 is 16.8 Å². The number of nitrogens with zero attached hydrogens (tertiary/aromatic N) is 1. The van der Waals surface area contributed by atoms with Crippen LogP contribution in [0.25, 0.3) is 10.9 Å². The Hall–Kier alpha value is -2.31. The number of phenols is 1. The van der Waals surface area contributed by atoms with Crippen LogP contribution in [-0.4, -0.2) is 22.5 Å². The van der Waals surface area contributed by atoms with Crippen LogP contribution in [0.4, 0.5) is 13.2 Å². The van der Waals surface area contributed by atoms with E-state index in [0.29, 0.717) is 11.9 Å². The number of alkyl halides is 3. The Morgan fingerprint density at radius 3 is 2.48 bits per heavy atom. The van der Waals surface area contributed by atoms with Crippen LogP contribution in [0.15, 0.2) is 24.3 Å². The number of carbonyl (C=O) groups excluding carboxylic acids is 1. The van der Waals surface area contributed by atoms with Gasteiger partial charge in [-0.3, -0.25) is 4.79 Å². The molecule has 0 saturated carbocycles. The van der Waals surface area contributed by atoms with Gasteiger partial charge in [0.25, 0.3) is 5.91 Å². The normalized spacial score (nSPS) is 11.7. The summed E-state index contributed by atoms with van der Waals surface area (Å²) >= 11 is 0. The number of fused-ring (bicyclic) bond motifs is 1. The summed E-state index contributed by atoms with van der Waals surface area (Å²) in [4.78, 5) is 15.6. The third kappa shape index (κ3) is 4.84. The summed E-state index contributed by atoms with van der Waals surface area (Å²) in [6.07, 6.45) is 0.566. The van der Waals surface area contributed by atoms with Crippen molar-refractivity contribution in [3.8, 4) is 5.75 Å². The second-order valence-electron chi connectivity index (χ2n) is 5.90. The van der Waals surface area contributed by atoms with E-state index in [1.54, 1.807) is 0 Å². The lowest BCUT2D eigenvalue weighted by molar-refractivity contribution is -0.140. The largest absolute Gasteiger partial charge is 0.505 e. The molecule has 0 fully saturated rings. The van der Waals surface area contributed by atoms with Gasteiger partial charge < -0.3 is 10.4 Å². The van der Waals surface area contributed by atoms with Crippen LogP contribution in [0, 0.1) is 0 Å². The maximum atomic E-state index is 12.8. The number of nitrogens with one attached hydrogen (secondary N) is 1. The molecule has 0 radical (unpaired) electrons. The molecule has 0 atom stereocenters. The summed E-state index contributed by atoms with van der Waals surface area (Å²) in [5.41, 5.74) is -1.41. The molecule has 1 amide bonds. The van der Waals surface area contributed by atoms with E-state index in [1.165, 1.54) is 18.2 Å². The minimum atomic E-state index is -4.61. The molecule has 1 heterocycles. The highest BCUT2D eigenvalue weighted by Gasteiger charge is 2.33. The molecule has 0 unspecified atom stereocenters. The van der Waals surface area contributed by atoms with Gasteiger partial charge in [-0.05, 0) is 18.6 Å². The molecule has 1 aromatic heterocycles. The number of hydrogen-bond donors (Lipinski definition) is 2. The first kappa shape index (κ1) is 19.0. The molecule has 7 heteroatoms. The predicted molar refractivity (Wildman–Crippen MR) is 89.5 cm³/mol. The number of hydrogen-bond acceptors (Lipinski definition) is 3. The summed E-state index contributed by atoms with van der Waals surface area (Å²) in [6.45, 7) is 2.57. The molecule has 0 saturated heterocycles. The van der Waals surface area contributed by atoms with Crippen molar-refractivity contribution in [2.75, 3.05) is 6.54 Å². The smallest absolute Gasteiger partial charge is 0.433 e. The van der Waals surface area contributed by atoms with E-state index in [-0.39, 0.29) is 11.1 Å². The summed E-state index contributed by atoms with van der Waals surface area (Å²) in [5.74, 6) is -1.05. The average Bonchev–Trinajstić information content (AvgIpc) is 2.57. The van der Waals surface area contributed by atoms with Gasteiger partial charge in [0, 0.05) is 11.9 Å². The Morgan fingerprint density at radius 1 is 1.12 bits per heavy atom. The second kappa shape index (κ2) is 8.18. The van der Waals surface area contributed by atoms with E-state index >= 15 is 0 Å². The minimum absolute atomic E-state index is 0.0760. The molecular weight excluding hydrogens is 333 g/mol. The van der Waals surface area contributed by atoms with E-state index in [2.05, 4.69) is 17.2 Å². The Kier molecular flexibility index (Phi) is 6.22. The fourth-order valence-corrected chi connectivity index (χ4v) is 2.54. The third-order valence-corrected chi connectivity index (χ3v) is 3.94. The number of unbranched alkanes of at least 4 members (excludes halogenated alkanes) is 4. The van der Waals surface area contributed by atoms with Crippen molar-refractivity contribution in [3.05, 3.63) is 35.5 Å². The molecule has 0 aliphatic heterocycles. The van der Waals surface area contributed by atoms with Crippen molar-refractivity contribution in [2.24, 2.45) is 0 Å². The highest BCUT2D eigenvalue weighted by molar-refractivity contribution is 6.02. The van der Waals surface area contributed by atoms with Gasteiger partial charge in [0.15, 0.2) is 5.75 Å². The molecule has 1 aromatic carbocycles. The Labute approximate surface area is 144 Å². The summed E-state index contributed by atoms with van der Waals surface area (Å²) in [5, 5.41) is 13.2. The van der Waals surface area contributed by atoms with Gasteiger partial charge >= 0.3 is 6.18 Å². The zero-order chi connectivity index (χ0) is 18.4. The summed E-state index contributed by atoms with van der Waals surface area (Å²) in [7, 11) is 0. The standard InChI is InChI=1S/C18H21F3N2O2/c1-2-3-4-5-6-11-22-17(25)13-9-7-12-8-10-14(18(19,20)21)23-15(12)16(13)24/h7-10,24H,2-6,11H2,1H3,(H,22,25). The number of amides is 1. The van der Waals surface area contributed by atoms with Crippen molar-refractivity contribution < 1.29 is 23.1 Å². The Morgan fingerprint density at radius 2 is 1.80 bits per heavy atom. The number of carbonyl (C=O) groups is 1. The first-order valence-corrected chi connectivity index (χ1v) is 8.32. The average molecular weight is 354 g/mol. The molecule has 136 valence electrons. The SMILES string of the molecule is CCCCCCCNC(=O)c1ccc2ccc(C(F)(F)F)nc2c1O. The summed E-state index contributed by atoms with van der Waals surface area (Å²) < 4.78 is 38.3. The van der Waals surface area contributed by atoms with E-state index in [1.807, 2.05) is 0 Å². The van der Waals surface area contributed by atoms with Gasteiger partial charge in [-0.15, -0.1) is 0 Å². The molecule has 0 spiro atoms. The van der Waals surface area contributed by atoms with Crippen LogP contribution in [0.1, 0.15) is 55.1 Å². The van der Waals surface area contributed by atoms with Gasteiger partial charge in [-0.25, -0.2) is 4.98 Å². The first-order chi connectivity index (χ1) is 11.8. The van der Waals surface area contributed by atoms with Gasteiger partial charge in [0.2, 0.25) is 0 Å². The first-order valence-electron chi connectivity index (χ1n) is 8.32. The van der Waals surface area contributed by atoms with Crippen LogP contribution < -0.4 is 5.32 Å². The summed E-state index contributed by atoms with van der Waals surface area (Å²) in [6, 6.07) is 4.93. The van der Waals surface area contributed by atoms with Crippen molar-refractivity contribution in [1.29, 1.82) is 0 Å². The lowest BCUT2D eigenvalue weighted by atomic mass is 10.1. The second-order valence-corrected chi connectivity index (χ2v) is 5.90.